The molecular formula is C28H25N3O6S. The van der Waals surface area contributed by atoms with E-state index in [1.807, 2.05) is 0 Å². The number of hydrogen-bond donors (Lipinski definition) is 1. The molecular weight excluding hydrogens is 506 g/mol. The van der Waals surface area contributed by atoms with Crippen molar-refractivity contribution < 1.29 is 27.2 Å². The third-order valence-electron chi connectivity index (χ3n) is 5.35. The summed E-state index contributed by atoms with van der Waals surface area (Å²) in [5, 5.41) is 3.91. The van der Waals surface area contributed by atoms with Crippen molar-refractivity contribution >= 4 is 33.8 Å². The molecule has 0 aliphatic carbocycles. The highest BCUT2D eigenvalue weighted by Crippen LogP contribution is 2.24. The van der Waals surface area contributed by atoms with Crippen LogP contribution < -0.4 is 9.73 Å². The minimum Gasteiger partial charge on any atom is -0.462 e. The minimum atomic E-state index is -3.99. The van der Waals surface area contributed by atoms with Crippen LogP contribution in [0, 0.1) is 0 Å². The molecule has 1 heterocycles. The molecule has 0 saturated heterocycles. The number of hydrogen-bond acceptors (Lipinski definition) is 7. The van der Waals surface area contributed by atoms with E-state index in [1.165, 1.54) is 18.3 Å². The van der Waals surface area contributed by atoms with Crippen LogP contribution in [-0.4, -0.2) is 39.7 Å². The monoisotopic (exact) mass is 531 g/mol. The first-order valence-electron chi connectivity index (χ1n) is 11.7. The van der Waals surface area contributed by atoms with Crippen LogP contribution in [0.25, 0.3) is 11.3 Å². The third-order valence-corrected chi connectivity index (χ3v) is 7.14. The van der Waals surface area contributed by atoms with E-state index < -0.39 is 28.4 Å². The molecule has 0 fully saturated rings. The molecule has 4 aromatic rings. The number of rotatable bonds is 10. The smallest absolute Gasteiger partial charge is 0.338 e. The highest BCUT2D eigenvalue weighted by molar-refractivity contribution is 7.92. The van der Waals surface area contributed by atoms with Gasteiger partial charge in [0.2, 0.25) is 0 Å². The summed E-state index contributed by atoms with van der Waals surface area (Å²) < 4.78 is 38.3. The molecule has 0 atom stereocenters. The van der Waals surface area contributed by atoms with Gasteiger partial charge in [0, 0.05) is 5.56 Å². The molecule has 1 aromatic heterocycles. The fraction of sp³-hybridized carbons (Fsp3) is 0.107. The third kappa shape index (κ3) is 6.34. The van der Waals surface area contributed by atoms with E-state index in [0.29, 0.717) is 29.4 Å². The summed E-state index contributed by atoms with van der Waals surface area (Å²) in [6, 6.07) is 26.4. The molecule has 0 bridgehead atoms. The number of anilines is 1. The lowest BCUT2D eigenvalue weighted by atomic mass is 10.1. The standard InChI is InChI=1S/C28H25N3O6S/c1-2-36-28(33)22-15-13-21(14-16-22)26-18-17-24(37-26)19-29-30-27(32)20-31(23-9-5-3-6-10-23)38(34,35)25-11-7-4-8-12-25/h3-19H,2,20H2,1H3,(H,30,32)/b29-19-. The van der Waals surface area contributed by atoms with Crippen molar-refractivity contribution in [3.8, 4) is 11.3 Å². The Bertz CT molecular complexity index is 1520. The number of carbonyl (C=O) groups excluding carboxylic acids is 2. The van der Waals surface area contributed by atoms with Crippen molar-refractivity contribution in [1.29, 1.82) is 0 Å². The minimum absolute atomic E-state index is 0.0681. The number of nitrogens with zero attached hydrogens (tertiary/aromatic N) is 2. The van der Waals surface area contributed by atoms with Crippen LogP contribution in [0.2, 0.25) is 0 Å². The lowest BCUT2D eigenvalue weighted by Crippen LogP contribution is -2.39. The predicted octanol–water partition coefficient (Wildman–Crippen LogP) is 4.47. The van der Waals surface area contributed by atoms with Crippen molar-refractivity contribution in [3.05, 3.63) is 108 Å². The number of ether oxygens (including phenoxy) is 1. The molecule has 1 amide bonds. The maximum absolute atomic E-state index is 13.3. The zero-order valence-corrected chi connectivity index (χ0v) is 21.3. The van der Waals surface area contributed by atoms with E-state index in [9.17, 15) is 18.0 Å². The average molecular weight is 532 g/mol. The van der Waals surface area contributed by atoms with E-state index in [4.69, 9.17) is 9.15 Å². The largest absolute Gasteiger partial charge is 0.462 e. The van der Waals surface area contributed by atoms with Crippen molar-refractivity contribution in [2.24, 2.45) is 5.10 Å². The summed E-state index contributed by atoms with van der Waals surface area (Å²) in [4.78, 5) is 24.5. The van der Waals surface area contributed by atoms with Gasteiger partial charge >= 0.3 is 5.97 Å². The molecule has 3 aromatic carbocycles. The first-order valence-corrected chi connectivity index (χ1v) is 13.1. The van der Waals surface area contributed by atoms with Gasteiger partial charge in [0.1, 0.15) is 18.1 Å². The van der Waals surface area contributed by atoms with Crippen molar-refractivity contribution in [1.82, 2.24) is 5.43 Å². The number of amides is 1. The molecule has 0 unspecified atom stereocenters. The van der Waals surface area contributed by atoms with Crippen LogP contribution in [-0.2, 0) is 19.6 Å². The molecule has 10 heteroatoms. The number of nitrogens with one attached hydrogen (secondary N) is 1. The van der Waals surface area contributed by atoms with Gasteiger partial charge in [-0.25, -0.2) is 18.6 Å². The second kappa shape index (κ2) is 12.0. The Balaban J connectivity index is 1.42. The highest BCUT2D eigenvalue weighted by Gasteiger charge is 2.26. The number of furan rings is 1. The lowest BCUT2D eigenvalue weighted by molar-refractivity contribution is -0.119. The maximum Gasteiger partial charge on any atom is 0.338 e. The van der Waals surface area contributed by atoms with Gasteiger partial charge < -0.3 is 9.15 Å². The fourth-order valence-corrected chi connectivity index (χ4v) is 4.97. The fourth-order valence-electron chi connectivity index (χ4n) is 3.53. The summed E-state index contributed by atoms with van der Waals surface area (Å²) in [6.07, 6.45) is 1.31. The quantitative estimate of drug-likeness (QED) is 0.183. The molecule has 0 radical (unpaired) electrons. The van der Waals surface area contributed by atoms with Crippen LogP contribution in [0.4, 0.5) is 5.69 Å². The number of carbonyl (C=O) groups is 2. The van der Waals surface area contributed by atoms with E-state index >= 15 is 0 Å². The zero-order chi connectivity index (χ0) is 27.0. The second-order valence-corrected chi connectivity index (χ2v) is 9.82. The van der Waals surface area contributed by atoms with Crippen LogP contribution in [0.3, 0.4) is 0 Å². The van der Waals surface area contributed by atoms with Gasteiger partial charge in [-0.05, 0) is 55.5 Å². The summed E-state index contributed by atoms with van der Waals surface area (Å²) in [5.74, 6) is -0.126. The lowest BCUT2D eigenvalue weighted by Gasteiger charge is -2.23. The Kier molecular flexibility index (Phi) is 8.34. The SMILES string of the molecule is CCOC(=O)c1ccc(-c2ccc(/C=N\NC(=O)CN(c3ccccc3)S(=O)(=O)c3ccccc3)o2)cc1. The molecule has 0 spiro atoms. The van der Waals surface area contributed by atoms with Crippen LogP contribution >= 0.6 is 0 Å². The first kappa shape index (κ1) is 26.4. The van der Waals surface area contributed by atoms with Crippen molar-refractivity contribution in [2.75, 3.05) is 17.5 Å². The van der Waals surface area contributed by atoms with Gasteiger partial charge in [0.05, 0.1) is 29.0 Å². The number of benzene rings is 3. The van der Waals surface area contributed by atoms with E-state index in [0.717, 1.165) is 9.87 Å². The molecule has 194 valence electrons. The van der Waals surface area contributed by atoms with E-state index in [1.54, 1.807) is 91.9 Å². The van der Waals surface area contributed by atoms with Gasteiger partial charge in [0.25, 0.3) is 15.9 Å². The zero-order valence-electron chi connectivity index (χ0n) is 20.5. The van der Waals surface area contributed by atoms with Gasteiger partial charge in [0.15, 0.2) is 0 Å². The Morgan fingerprint density at radius 1 is 0.921 bits per heavy atom. The van der Waals surface area contributed by atoms with Gasteiger partial charge in [-0.1, -0.05) is 48.5 Å². The second-order valence-electron chi connectivity index (χ2n) is 7.95. The molecule has 4 rings (SSSR count). The Morgan fingerprint density at radius 3 is 2.24 bits per heavy atom. The molecule has 0 saturated carbocycles. The maximum atomic E-state index is 13.3. The highest BCUT2D eigenvalue weighted by atomic mass is 32.2. The van der Waals surface area contributed by atoms with Gasteiger partial charge in [-0.15, -0.1) is 0 Å². The normalized spacial score (nSPS) is 11.3. The first-order chi connectivity index (χ1) is 18.4. The van der Waals surface area contributed by atoms with Crippen molar-refractivity contribution in [3.63, 3.8) is 0 Å². The summed E-state index contributed by atoms with van der Waals surface area (Å²) in [6.45, 7) is 1.56. The number of hydrazone groups is 1. The molecule has 0 aliphatic rings. The molecule has 0 aliphatic heterocycles. The van der Waals surface area contributed by atoms with Gasteiger partial charge in [-0.2, -0.15) is 5.10 Å². The van der Waals surface area contributed by atoms with E-state index in [-0.39, 0.29) is 4.90 Å². The van der Waals surface area contributed by atoms with Crippen LogP contribution in [0.15, 0.2) is 111 Å². The summed E-state index contributed by atoms with van der Waals surface area (Å²) >= 11 is 0. The average Bonchev–Trinajstić information content (AvgIpc) is 3.42. The predicted molar refractivity (Wildman–Crippen MR) is 143 cm³/mol. The molecule has 9 nitrogen and oxygen atoms in total. The Labute approximate surface area is 220 Å². The number of esters is 1. The molecule has 38 heavy (non-hydrogen) atoms. The Hall–Kier alpha value is -4.70. The number of sulfonamides is 1. The van der Waals surface area contributed by atoms with Gasteiger partial charge in [-0.3, -0.25) is 9.10 Å². The van der Waals surface area contributed by atoms with E-state index in [2.05, 4.69) is 10.5 Å². The Morgan fingerprint density at radius 2 is 1.58 bits per heavy atom. The molecule has 1 N–H and O–H groups in total. The summed E-state index contributed by atoms with van der Waals surface area (Å²) in [5.41, 5.74) is 3.87. The van der Waals surface area contributed by atoms with Crippen LogP contribution in [0.1, 0.15) is 23.0 Å². The number of para-hydroxylation sites is 1. The summed E-state index contributed by atoms with van der Waals surface area (Å²) in [7, 11) is -3.99. The van der Waals surface area contributed by atoms with Crippen LogP contribution in [0.5, 0.6) is 0 Å². The van der Waals surface area contributed by atoms with Crippen molar-refractivity contribution in [2.45, 2.75) is 11.8 Å². The topological polar surface area (TPSA) is 118 Å².